The summed E-state index contributed by atoms with van der Waals surface area (Å²) in [6, 6.07) is 3.89. The van der Waals surface area contributed by atoms with E-state index in [4.69, 9.17) is 19.9 Å². The van der Waals surface area contributed by atoms with E-state index in [1.165, 1.54) is 0 Å². The highest BCUT2D eigenvalue weighted by Gasteiger charge is 2.13. The SMILES string of the molecule is COc1cc(CCCCC(O)C=CC=CC=CC(O)CCC(N)=O)cc(OC)c1OC. The molecule has 0 radical (unpaired) electrons. The first-order valence-corrected chi connectivity index (χ1v) is 10.4. The average Bonchev–Trinajstić information content (AvgIpc) is 2.76. The predicted octanol–water partition coefficient (Wildman–Crippen LogP) is 3.08. The number of hydrogen-bond acceptors (Lipinski definition) is 6. The highest BCUT2D eigenvalue weighted by Crippen LogP contribution is 2.38. The largest absolute Gasteiger partial charge is 0.493 e. The Bertz CT molecular complexity index is 731. The lowest BCUT2D eigenvalue weighted by atomic mass is 10.0. The van der Waals surface area contributed by atoms with Crippen molar-refractivity contribution in [3.8, 4) is 17.2 Å². The number of carbonyl (C=O) groups excluding carboxylic acids is 1. The summed E-state index contributed by atoms with van der Waals surface area (Å²) in [7, 11) is 4.77. The number of methoxy groups -OCH3 is 3. The Morgan fingerprint density at radius 1 is 0.903 bits per heavy atom. The maximum Gasteiger partial charge on any atom is 0.217 e. The lowest BCUT2D eigenvalue weighted by molar-refractivity contribution is -0.118. The molecule has 0 spiro atoms. The van der Waals surface area contributed by atoms with Gasteiger partial charge in [0.15, 0.2) is 11.5 Å². The molecule has 1 rings (SSSR count). The fourth-order valence-electron chi connectivity index (χ4n) is 2.96. The monoisotopic (exact) mass is 433 g/mol. The van der Waals surface area contributed by atoms with Crippen molar-refractivity contribution in [2.24, 2.45) is 5.73 Å². The number of aryl methyl sites for hydroxylation is 1. The molecule has 4 N–H and O–H groups in total. The third kappa shape index (κ3) is 10.7. The Kier molecular flexibility index (Phi) is 12.8. The van der Waals surface area contributed by atoms with Crippen molar-refractivity contribution in [1.82, 2.24) is 0 Å². The van der Waals surface area contributed by atoms with E-state index in [-0.39, 0.29) is 6.42 Å². The van der Waals surface area contributed by atoms with Crippen molar-refractivity contribution in [1.29, 1.82) is 0 Å². The van der Waals surface area contributed by atoms with Gasteiger partial charge in [-0.05, 0) is 43.4 Å². The Labute approximate surface area is 184 Å². The first-order valence-electron chi connectivity index (χ1n) is 10.4. The standard InChI is InChI=1S/C24H35NO6/c1-29-21-16-18(17-22(30-2)24(21)31-3)10-8-9-13-19(26)11-6-4-5-7-12-20(27)14-15-23(25)28/h4-7,11-12,16-17,19-20,26-27H,8-10,13-15H2,1-3H3,(H2,25,28). The van der Waals surface area contributed by atoms with Gasteiger partial charge in [0, 0.05) is 6.42 Å². The van der Waals surface area contributed by atoms with Crippen molar-refractivity contribution < 1.29 is 29.2 Å². The van der Waals surface area contributed by atoms with E-state index in [1.54, 1.807) is 57.8 Å². The molecule has 0 fully saturated rings. The number of aliphatic hydroxyl groups is 2. The van der Waals surface area contributed by atoms with Crippen LogP contribution in [0, 0.1) is 0 Å². The molecule has 1 aromatic carbocycles. The number of ether oxygens (including phenoxy) is 3. The van der Waals surface area contributed by atoms with E-state index in [9.17, 15) is 15.0 Å². The minimum Gasteiger partial charge on any atom is -0.493 e. The van der Waals surface area contributed by atoms with Crippen molar-refractivity contribution in [3.63, 3.8) is 0 Å². The van der Waals surface area contributed by atoms with Crippen molar-refractivity contribution in [3.05, 3.63) is 54.2 Å². The van der Waals surface area contributed by atoms with Gasteiger partial charge in [0.25, 0.3) is 0 Å². The van der Waals surface area contributed by atoms with Crippen LogP contribution < -0.4 is 19.9 Å². The van der Waals surface area contributed by atoms with E-state index < -0.39 is 18.1 Å². The Morgan fingerprint density at radius 3 is 1.94 bits per heavy atom. The number of hydrogen-bond donors (Lipinski definition) is 3. The summed E-state index contributed by atoms with van der Waals surface area (Å²) >= 11 is 0. The molecule has 7 nitrogen and oxygen atoms in total. The number of amides is 1. The summed E-state index contributed by atoms with van der Waals surface area (Å²) in [5, 5.41) is 19.7. The first kappa shape index (κ1) is 26.3. The maximum atomic E-state index is 10.7. The molecule has 1 aromatic rings. The van der Waals surface area contributed by atoms with Crippen LogP contribution in [0.25, 0.3) is 0 Å². The topological polar surface area (TPSA) is 111 Å². The highest BCUT2D eigenvalue weighted by atomic mass is 16.5. The second kappa shape index (κ2) is 15.1. The zero-order chi connectivity index (χ0) is 23.1. The lowest BCUT2D eigenvalue weighted by Gasteiger charge is -2.14. The third-order valence-electron chi connectivity index (χ3n) is 4.63. The minimum atomic E-state index is -0.697. The Hall–Kier alpha value is -2.77. The number of benzene rings is 1. The number of allylic oxidation sites excluding steroid dienone is 4. The van der Waals surface area contributed by atoms with Crippen LogP contribution in [-0.2, 0) is 11.2 Å². The van der Waals surface area contributed by atoms with Gasteiger partial charge in [-0.3, -0.25) is 4.79 Å². The molecule has 2 unspecified atom stereocenters. The van der Waals surface area contributed by atoms with Gasteiger partial charge in [-0.2, -0.15) is 0 Å². The summed E-state index contributed by atoms with van der Waals surface area (Å²) in [6.07, 6.45) is 12.9. The number of primary amides is 1. The Morgan fingerprint density at radius 2 is 1.45 bits per heavy atom. The summed E-state index contributed by atoms with van der Waals surface area (Å²) in [4.78, 5) is 10.7. The number of rotatable bonds is 15. The van der Waals surface area contributed by atoms with E-state index in [2.05, 4.69) is 0 Å². The Balaban J connectivity index is 2.36. The molecule has 0 bridgehead atoms. The molecule has 31 heavy (non-hydrogen) atoms. The van der Waals surface area contributed by atoms with Gasteiger partial charge in [-0.25, -0.2) is 0 Å². The van der Waals surface area contributed by atoms with Crippen LogP contribution in [0.2, 0.25) is 0 Å². The zero-order valence-corrected chi connectivity index (χ0v) is 18.6. The van der Waals surface area contributed by atoms with E-state index in [0.717, 1.165) is 24.8 Å². The summed E-state index contributed by atoms with van der Waals surface area (Å²) in [5.41, 5.74) is 6.13. The summed E-state index contributed by atoms with van der Waals surface area (Å²) < 4.78 is 16.1. The molecular formula is C24H35NO6. The van der Waals surface area contributed by atoms with Crippen LogP contribution in [0.15, 0.2) is 48.6 Å². The van der Waals surface area contributed by atoms with Gasteiger partial charge in [0.1, 0.15) is 0 Å². The van der Waals surface area contributed by atoms with Crippen LogP contribution in [0.1, 0.15) is 37.7 Å². The second-order valence-corrected chi connectivity index (χ2v) is 7.07. The zero-order valence-electron chi connectivity index (χ0n) is 18.6. The van der Waals surface area contributed by atoms with E-state index in [1.807, 2.05) is 12.1 Å². The molecular weight excluding hydrogens is 398 g/mol. The number of nitrogens with two attached hydrogens (primary N) is 1. The second-order valence-electron chi connectivity index (χ2n) is 7.07. The molecule has 172 valence electrons. The van der Waals surface area contributed by atoms with Gasteiger partial charge < -0.3 is 30.2 Å². The van der Waals surface area contributed by atoms with Gasteiger partial charge in [0.05, 0.1) is 33.5 Å². The first-order chi connectivity index (χ1) is 14.9. The number of unbranched alkanes of at least 4 members (excludes halogenated alkanes) is 1. The molecule has 0 saturated heterocycles. The van der Waals surface area contributed by atoms with Crippen molar-refractivity contribution in [2.75, 3.05) is 21.3 Å². The van der Waals surface area contributed by atoms with E-state index >= 15 is 0 Å². The lowest BCUT2D eigenvalue weighted by Crippen LogP contribution is -2.13. The van der Waals surface area contributed by atoms with Gasteiger partial charge in [0.2, 0.25) is 11.7 Å². The van der Waals surface area contributed by atoms with Crippen LogP contribution >= 0.6 is 0 Å². The molecule has 0 heterocycles. The normalized spacial score (nSPS) is 13.7. The highest BCUT2D eigenvalue weighted by molar-refractivity contribution is 5.73. The fourth-order valence-corrected chi connectivity index (χ4v) is 2.96. The number of carbonyl (C=O) groups is 1. The number of aliphatic hydroxyl groups excluding tert-OH is 2. The van der Waals surface area contributed by atoms with Gasteiger partial charge in [-0.15, -0.1) is 0 Å². The van der Waals surface area contributed by atoms with Crippen LogP contribution in [-0.4, -0.2) is 49.7 Å². The fraction of sp³-hybridized carbons (Fsp3) is 0.458. The van der Waals surface area contributed by atoms with Crippen LogP contribution in [0.3, 0.4) is 0 Å². The van der Waals surface area contributed by atoms with Gasteiger partial charge in [-0.1, -0.05) is 42.9 Å². The van der Waals surface area contributed by atoms with Crippen molar-refractivity contribution in [2.45, 2.75) is 50.7 Å². The van der Waals surface area contributed by atoms with Crippen molar-refractivity contribution >= 4 is 5.91 Å². The molecule has 0 aliphatic carbocycles. The molecule has 1 amide bonds. The smallest absolute Gasteiger partial charge is 0.217 e. The van der Waals surface area contributed by atoms with Crippen LogP contribution in [0.5, 0.6) is 17.2 Å². The molecule has 0 aliphatic heterocycles. The maximum absolute atomic E-state index is 10.7. The molecule has 2 atom stereocenters. The third-order valence-corrected chi connectivity index (χ3v) is 4.63. The van der Waals surface area contributed by atoms with E-state index in [0.29, 0.717) is 30.1 Å². The average molecular weight is 434 g/mol. The van der Waals surface area contributed by atoms with Gasteiger partial charge >= 0.3 is 0 Å². The molecule has 7 heteroatoms. The molecule has 0 aliphatic rings. The molecule has 0 aromatic heterocycles. The quantitative estimate of drug-likeness (QED) is 0.290. The minimum absolute atomic E-state index is 0.154. The van der Waals surface area contributed by atoms with Crippen LogP contribution in [0.4, 0.5) is 0 Å². The summed E-state index contributed by atoms with van der Waals surface area (Å²) in [5.74, 6) is 1.43. The summed E-state index contributed by atoms with van der Waals surface area (Å²) in [6.45, 7) is 0. The molecule has 0 saturated carbocycles. The predicted molar refractivity (Wildman–Crippen MR) is 122 cm³/mol.